The average Bonchev–Trinajstić information content (AvgIpc) is 2.71. The number of thiocarbonyl (C=S) groups is 1. The maximum absolute atomic E-state index is 5.58. The summed E-state index contributed by atoms with van der Waals surface area (Å²) in [5.74, 6) is 0. The summed E-state index contributed by atoms with van der Waals surface area (Å²) in [6, 6.07) is 5.73. The van der Waals surface area contributed by atoms with Crippen molar-refractivity contribution >= 4 is 39.9 Å². The van der Waals surface area contributed by atoms with Crippen LogP contribution in [0.1, 0.15) is 5.69 Å². The highest BCUT2D eigenvalue weighted by Gasteiger charge is 2.05. The van der Waals surface area contributed by atoms with Gasteiger partial charge in [-0.3, -0.25) is 4.98 Å². The maximum Gasteiger partial charge on any atom is 0.124 e. The van der Waals surface area contributed by atoms with E-state index in [1.54, 1.807) is 17.5 Å². The first-order valence-electron chi connectivity index (χ1n) is 4.31. The quantitative estimate of drug-likeness (QED) is 0.803. The monoisotopic (exact) mass is 235 g/mol. The zero-order valence-corrected chi connectivity index (χ0v) is 9.44. The number of anilines is 2. The number of pyridine rings is 1. The lowest BCUT2D eigenvalue weighted by Gasteiger charge is -2.07. The molecule has 2 heterocycles. The molecule has 2 aromatic heterocycles. The molecular formula is C10H9N3S2. The molecule has 76 valence electrons. The number of hydrogen-bond donors (Lipinski definition) is 2. The first-order chi connectivity index (χ1) is 7.27. The van der Waals surface area contributed by atoms with E-state index in [0.717, 1.165) is 11.4 Å². The molecule has 0 atom stereocenters. The standard InChI is InChI=1S/C10H9N3S2/c11-10(14)9-8(2-1-4-12-9)13-7-3-5-15-6-7/h1-6,13H,(H2,11,14). The largest absolute Gasteiger partial charge is 0.388 e. The highest BCUT2D eigenvalue weighted by molar-refractivity contribution is 7.80. The molecule has 0 bridgehead atoms. The Bertz CT molecular complexity index is 465. The molecule has 0 spiro atoms. The Morgan fingerprint density at radius 1 is 1.47 bits per heavy atom. The normalized spacial score (nSPS) is 9.87. The Morgan fingerprint density at radius 3 is 3.00 bits per heavy atom. The van der Waals surface area contributed by atoms with Crippen molar-refractivity contribution in [1.29, 1.82) is 0 Å². The molecule has 0 aliphatic carbocycles. The van der Waals surface area contributed by atoms with Crippen LogP contribution in [0.5, 0.6) is 0 Å². The van der Waals surface area contributed by atoms with E-state index < -0.39 is 0 Å². The van der Waals surface area contributed by atoms with Gasteiger partial charge in [0.1, 0.15) is 10.7 Å². The van der Waals surface area contributed by atoms with E-state index in [9.17, 15) is 0 Å². The number of nitrogens with one attached hydrogen (secondary N) is 1. The number of nitrogens with two attached hydrogens (primary N) is 1. The van der Waals surface area contributed by atoms with Crippen LogP contribution in [0.15, 0.2) is 35.2 Å². The number of thiophene rings is 1. The summed E-state index contributed by atoms with van der Waals surface area (Å²) in [6.07, 6.45) is 1.67. The van der Waals surface area contributed by atoms with Crippen LogP contribution in [0, 0.1) is 0 Å². The minimum absolute atomic E-state index is 0.299. The Labute approximate surface area is 97.0 Å². The summed E-state index contributed by atoms with van der Waals surface area (Å²) in [6.45, 7) is 0. The van der Waals surface area contributed by atoms with Crippen LogP contribution in [0.2, 0.25) is 0 Å². The molecule has 0 saturated carbocycles. The van der Waals surface area contributed by atoms with Crippen LogP contribution < -0.4 is 11.1 Å². The molecule has 5 heteroatoms. The summed E-state index contributed by atoms with van der Waals surface area (Å²) in [5.41, 5.74) is 8.05. The average molecular weight is 235 g/mol. The molecule has 15 heavy (non-hydrogen) atoms. The fourth-order valence-electron chi connectivity index (χ4n) is 1.19. The Balaban J connectivity index is 2.32. The van der Waals surface area contributed by atoms with Gasteiger partial charge in [0.05, 0.1) is 5.69 Å². The van der Waals surface area contributed by atoms with E-state index >= 15 is 0 Å². The minimum Gasteiger partial charge on any atom is -0.388 e. The highest BCUT2D eigenvalue weighted by Crippen LogP contribution is 2.20. The summed E-state index contributed by atoms with van der Waals surface area (Å²) in [5, 5.41) is 7.22. The van der Waals surface area contributed by atoms with Gasteiger partial charge in [0.25, 0.3) is 0 Å². The third kappa shape index (κ3) is 2.31. The van der Waals surface area contributed by atoms with Crippen LogP contribution in [-0.4, -0.2) is 9.97 Å². The molecule has 2 rings (SSSR count). The molecule has 0 fully saturated rings. The van der Waals surface area contributed by atoms with Gasteiger partial charge in [0.15, 0.2) is 0 Å². The number of nitrogens with zero attached hydrogens (tertiary/aromatic N) is 1. The lowest BCUT2D eigenvalue weighted by molar-refractivity contribution is 1.29. The number of aromatic nitrogens is 1. The van der Waals surface area contributed by atoms with Crippen molar-refractivity contribution in [1.82, 2.24) is 4.98 Å². The molecule has 3 N–H and O–H groups in total. The van der Waals surface area contributed by atoms with E-state index in [0.29, 0.717) is 10.7 Å². The molecule has 0 amide bonds. The Morgan fingerprint density at radius 2 is 2.33 bits per heavy atom. The van der Waals surface area contributed by atoms with Gasteiger partial charge in [-0.25, -0.2) is 0 Å². The van der Waals surface area contributed by atoms with E-state index in [2.05, 4.69) is 10.3 Å². The van der Waals surface area contributed by atoms with Crippen molar-refractivity contribution in [2.45, 2.75) is 0 Å². The molecule has 0 aromatic carbocycles. The lowest BCUT2D eigenvalue weighted by Crippen LogP contribution is -2.13. The van der Waals surface area contributed by atoms with Gasteiger partial charge in [0, 0.05) is 17.3 Å². The zero-order valence-electron chi connectivity index (χ0n) is 7.81. The Kier molecular flexibility index (Phi) is 2.94. The fourth-order valence-corrected chi connectivity index (χ4v) is 1.94. The van der Waals surface area contributed by atoms with E-state index in [4.69, 9.17) is 18.0 Å². The minimum atomic E-state index is 0.299. The summed E-state index contributed by atoms with van der Waals surface area (Å²) < 4.78 is 0. The van der Waals surface area contributed by atoms with Crippen LogP contribution in [0.4, 0.5) is 11.4 Å². The summed E-state index contributed by atoms with van der Waals surface area (Å²) in [4.78, 5) is 4.43. The maximum atomic E-state index is 5.58. The predicted octanol–water partition coefficient (Wildman–Crippen LogP) is 2.52. The van der Waals surface area contributed by atoms with E-state index in [-0.39, 0.29) is 0 Å². The highest BCUT2D eigenvalue weighted by atomic mass is 32.1. The van der Waals surface area contributed by atoms with Gasteiger partial charge < -0.3 is 11.1 Å². The van der Waals surface area contributed by atoms with Crippen molar-refractivity contribution in [2.75, 3.05) is 5.32 Å². The molecule has 0 aliphatic heterocycles. The SMILES string of the molecule is NC(=S)c1ncccc1Nc1ccsc1. The first-order valence-corrected chi connectivity index (χ1v) is 5.66. The van der Waals surface area contributed by atoms with E-state index in [1.807, 2.05) is 29.0 Å². The number of rotatable bonds is 3. The molecular weight excluding hydrogens is 226 g/mol. The van der Waals surface area contributed by atoms with Crippen LogP contribution in [0.3, 0.4) is 0 Å². The predicted molar refractivity (Wildman–Crippen MR) is 67.7 cm³/mol. The zero-order chi connectivity index (χ0) is 10.7. The molecule has 2 aromatic rings. The molecule has 0 aliphatic rings. The lowest BCUT2D eigenvalue weighted by atomic mass is 10.3. The second-order valence-electron chi connectivity index (χ2n) is 2.90. The number of hydrogen-bond acceptors (Lipinski definition) is 4. The van der Waals surface area contributed by atoms with Gasteiger partial charge in [-0.2, -0.15) is 11.3 Å². The van der Waals surface area contributed by atoms with Crippen LogP contribution in [-0.2, 0) is 0 Å². The first kappa shape index (κ1) is 10.1. The second kappa shape index (κ2) is 4.37. The summed E-state index contributed by atoms with van der Waals surface area (Å²) >= 11 is 6.55. The van der Waals surface area contributed by atoms with Crippen molar-refractivity contribution in [3.63, 3.8) is 0 Å². The van der Waals surface area contributed by atoms with Crippen LogP contribution in [0.25, 0.3) is 0 Å². The molecule has 3 nitrogen and oxygen atoms in total. The van der Waals surface area contributed by atoms with Crippen molar-refractivity contribution < 1.29 is 0 Å². The molecule has 0 radical (unpaired) electrons. The summed E-state index contributed by atoms with van der Waals surface area (Å²) in [7, 11) is 0. The van der Waals surface area contributed by atoms with Crippen LogP contribution >= 0.6 is 23.6 Å². The fraction of sp³-hybridized carbons (Fsp3) is 0. The smallest absolute Gasteiger partial charge is 0.124 e. The van der Waals surface area contributed by atoms with Gasteiger partial charge in [-0.05, 0) is 23.6 Å². The molecule has 0 saturated heterocycles. The molecule has 0 unspecified atom stereocenters. The third-order valence-electron chi connectivity index (χ3n) is 1.84. The van der Waals surface area contributed by atoms with Crippen molar-refractivity contribution in [2.24, 2.45) is 5.73 Å². The van der Waals surface area contributed by atoms with E-state index in [1.165, 1.54) is 0 Å². The Hall–Kier alpha value is -1.46. The van der Waals surface area contributed by atoms with Crippen molar-refractivity contribution in [3.05, 3.63) is 40.8 Å². The topological polar surface area (TPSA) is 50.9 Å². The van der Waals surface area contributed by atoms with Crippen molar-refractivity contribution in [3.8, 4) is 0 Å². The second-order valence-corrected chi connectivity index (χ2v) is 4.12. The third-order valence-corrected chi connectivity index (χ3v) is 2.72. The van der Waals surface area contributed by atoms with Gasteiger partial charge in [0.2, 0.25) is 0 Å². The van der Waals surface area contributed by atoms with Gasteiger partial charge in [-0.1, -0.05) is 12.2 Å². The van der Waals surface area contributed by atoms with Gasteiger partial charge in [-0.15, -0.1) is 0 Å². The van der Waals surface area contributed by atoms with Gasteiger partial charge >= 0.3 is 0 Å².